The maximum absolute atomic E-state index is 12.6. The third-order valence-electron chi connectivity index (χ3n) is 4.19. The molecule has 0 aromatic heterocycles. The molecule has 0 spiro atoms. The molecule has 1 N–H and O–H groups in total. The Labute approximate surface area is 226 Å². The molecule has 0 fully saturated rings. The maximum Gasteiger partial charge on any atom is 0.266 e. The molecule has 32 heavy (non-hydrogen) atoms. The number of carbonyl (C=O) groups excluding carboxylic acids is 1. The molecular formula is C23H13Br2Cl2IN2O2. The Balaban J connectivity index is 1.78. The van der Waals surface area contributed by atoms with Gasteiger partial charge in [0.05, 0.1) is 23.8 Å². The Morgan fingerprint density at radius 2 is 1.88 bits per heavy atom. The number of carbonyl (C=O) groups is 1. The van der Waals surface area contributed by atoms with Gasteiger partial charge in [-0.2, -0.15) is 5.26 Å². The number of hydrogen-bond donors (Lipinski definition) is 1. The second-order valence-electron chi connectivity index (χ2n) is 6.45. The van der Waals surface area contributed by atoms with Crippen LogP contribution in [0, 0.1) is 14.9 Å². The summed E-state index contributed by atoms with van der Waals surface area (Å²) in [6.07, 6.45) is 1.50. The van der Waals surface area contributed by atoms with Crippen molar-refractivity contribution < 1.29 is 9.53 Å². The van der Waals surface area contributed by atoms with Crippen LogP contribution >= 0.6 is 77.7 Å². The second kappa shape index (κ2) is 11.5. The van der Waals surface area contributed by atoms with Crippen LogP contribution < -0.4 is 10.1 Å². The van der Waals surface area contributed by atoms with Crippen molar-refractivity contribution in [2.45, 2.75) is 6.61 Å². The minimum Gasteiger partial charge on any atom is -0.487 e. The molecule has 1 amide bonds. The monoisotopic (exact) mass is 704 g/mol. The van der Waals surface area contributed by atoms with Crippen LogP contribution in [0.4, 0.5) is 5.69 Å². The molecule has 0 atom stereocenters. The zero-order valence-electron chi connectivity index (χ0n) is 16.1. The van der Waals surface area contributed by atoms with Gasteiger partial charge in [0.15, 0.2) is 0 Å². The Bertz CT molecular complexity index is 1220. The summed E-state index contributed by atoms with van der Waals surface area (Å²) in [5.41, 5.74) is 1.95. The number of nitriles is 1. The van der Waals surface area contributed by atoms with Crippen molar-refractivity contribution in [3.63, 3.8) is 0 Å². The minimum atomic E-state index is -0.585. The maximum atomic E-state index is 12.6. The number of nitrogens with zero attached hydrogens (tertiary/aromatic N) is 1. The van der Waals surface area contributed by atoms with E-state index in [-0.39, 0.29) is 10.6 Å². The fourth-order valence-corrected chi connectivity index (χ4v) is 5.02. The van der Waals surface area contributed by atoms with Crippen molar-refractivity contribution >= 4 is 95.3 Å². The zero-order valence-corrected chi connectivity index (χ0v) is 23.0. The van der Waals surface area contributed by atoms with E-state index in [1.807, 2.05) is 36.4 Å². The van der Waals surface area contributed by atoms with Crippen molar-refractivity contribution in [3.05, 3.63) is 93.9 Å². The fraction of sp³-hybridized carbons (Fsp3) is 0.0435. The highest BCUT2D eigenvalue weighted by atomic mass is 127. The third-order valence-corrected chi connectivity index (χ3v) is 6.93. The van der Waals surface area contributed by atoms with E-state index < -0.39 is 5.91 Å². The first-order valence-electron chi connectivity index (χ1n) is 9.02. The zero-order chi connectivity index (χ0) is 23.3. The van der Waals surface area contributed by atoms with Gasteiger partial charge in [0, 0.05) is 4.47 Å². The summed E-state index contributed by atoms with van der Waals surface area (Å²) in [5, 5.41) is 12.6. The molecule has 0 heterocycles. The smallest absolute Gasteiger partial charge is 0.266 e. The SMILES string of the molecule is N#C/C(=C/c1cc(Br)c(OCc2ccc(Br)cc2)c(I)c1)C(=O)Nc1cccc(Cl)c1Cl. The van der Waals surface area contributed by atoms with Crippen molar-refractivity contribution in [1.82, 2.24) is 0 Å². The highest BCUT2D eigenvalue weighted by Gasteiger charge is 2.14. The van der Waals surface area contributed by atoms with Crippen molar-refractivity contribution in [3.8, 4) is 11.8 Å². The van der Waals surface area contributed by atoms with Gasteiger partial charge in [-0.3, -0.25) is 4.79 Å². The first kappa shape index (κ1) is 25.1. The van der Waals surface area contributed by atoms with E-state index in [4.69, 9.17) is 27.9 Å². The summed E-state index contributed by atoms with van der Waals surface area (Å²) in [6, 6.07) is 18.3. The number of rotatable bonds is 6. The quantitative estimate of drug-likeness (QED) is 0.160. The largest absolute Gasteiger partial charge is 0.487 e. The summed E-state index contributed by atoms with van der Waals surface area (Å²) in [4.78, 5) is 12.6. The predicted molar refractivity (Wildman–Crippen MR) is 144 cm³/mol. The Morgan fingerprint density at radius 1 is 1.16 bits per heavy atom. The molecule has 0 radical (unpaired) electrons. The van der Waals surface area contributed by atoms with Crippen LogP contribution in [0.15, 0.2) is 69.1 Å². The fourth-order valence-electron chi connectivity index (χ4n) is 2.64. The number of halogens is 5. The first-order chi connectivity index (χ1) is 15.3. The van der Waals surface area contributed by atoms with Crippen LogP contribution in [-0.2, 0) is 11.4 Å². The van der Waals surface area contributed by atoms with Gasteiger partial charge >= 0.3 is 0 Å². The average molecular weight is 707 g/mol. The Kier molecular flexibility index (Phi) is 9.03. The molecule has 0 unspecified atom stereocenters. The summed E-state index contributed by atoms with van der Waals surface area (Å²) in [5.74, 6) is 0.0951. The lowest BCUT2D eigenvalue weighted by atomic mass is 10.1. The number of anilines is 1. The molecule has 3 aromatic carbocycles. The van der Waals surface area contributed by atoms with Gasteiger partial charge in [-0.25, -0.2) is 0 Å². The number of hydrogen-bond acceptors (Lipinski definition) is 3. The molecule has 3 rings (SSSR count). The number of nitrogens with one attached hydrogen (secondary N) is 1. The molecule has 0 saturated heterocycles. The molecule has 162 valence electrons. The van der Waals surface area contributed by atoms with Gasteiger partial charge in [-0.1, -0.05) is 57.3 Å². The van der Waals surface area contributed by atoms with Crippen molar-refractivity contribution in [2.75, 3.05) is 5.32 Å². The standard InChI is InChI=1S/C23H13Br2Cl2IN2O2/c24-16-6-4-13(5-7-16)12-32-22-17(25)9-14(10-19(22)28)8-15(11-29)23(31)30-20-3-1-2-18(26)21(20)27/h1-10H,12H2,(H,30,31)/b15-8-. The van der Waals surface area contributed by atoms with Crippen LogP contribution in [0.2, 0.25) is 10.0 Å². The lowest BCUT2D eigenvalue weighted by Crippen LogP contribution is -2.13. The summed E-state index contributed by atoms with van der Waals surface area (Å²) >= 11 is 21.2. The molecule has 0 aliphatic rings. The average Bonchev–Trinajstić information content (AvgIpc) is 2.76. The topological polar surface area (TPSA) is 62.1 Å². The normalized spacial score (nSPS) is 11.1. The second-order valence-corrected chi connectivity index (χ2v) is 10.2. The lowest BCUT2D eigenvalue weighted by molar-refractivity contribution is -0.112. The van der Waals surface area contributed by atoms with E-state index in [1.54, 1.807) is 24.3 Å². The molecule has 0 aliphatic heterocycles. The van der Waals surface area contributed by atoms with E-state index in [2.05, 4.69) is 59.8 Å². The van der Waals surface area contributed by atoms with E-state index in [0.717, 1.165) is 13.6 Å². The van der Waals surface area contributed by atoms with Crippen molar-refractivity contribution in [1.29, 1.82) is 5.26 Å². The van der Waals surface area contributed by atoms with Crippen LogP contribution in [0.3, 0.4) is 0 Å². The number of amides is 1. The van der Waals surface area contributed by atoms with Gasteiger partial charge in [0.2, 0.25) is 0 Å². The summed E-state index contributed by atoms with van der Waals surface area (Å²) < 4.78 is 8.51. The predicted octanol–water partition coefficient (Wildman–Crippen LogP) is 8.25. The molecule has 0 aliphatic carbocycles. The highest BCUT2D eigenvalue weighted by molar-refractivity contribution is 14.1. The van der Waals surface area contributed by atoms with Crippen LogP contribution in [0.1, 0.15) is 11.1 Å². The van der Waals surface area contributed by atoms with Crippen LogP contribution in [0.5, 0.6) is 5.75 Å². The third kappa shape index (κ3) is 6.49. The van der Waals surface area contributed by atoms with E-state index in [9.17, 15) is 10.1 Å². The Morgan fingerprint density at radius 3 is 2.53 bits per heavy atom. The van der Waals surface area contributed by atoms with Crippen LogP contribution in [-0.4, -0.2) is 5.91 Å². The molecule has 0 saturated carbocycles. The summed E-state index contributed by atoms with van der Waals surface area (Å²) in [6.45, 7) is 0.406. The Hall–Kier alpha value is -1.57. The van der Waals surface area contributed by atoms with E-state index in [0.29, 0.717) is 33.1 Å². The minimum absolute atomic E-state index is 0.0766. The van der Waals surface area contributed by atoms with Crippen molar-refractivity contribution in [2.24, 2.45) is 0 Å². The number of ether oxygens (including phenoxy) is 1. The van der Waals surface area contributed by atoms with Gasteiger partial charge in [0.1, 0.15) is 24.0 Å². The summed E-state index contributed by atoms with van der Waals surface area (Å²) in [7, 11) is 0. The molecule has 3 aromatic rings. The van der Waals surface area contributed by atoms with Gasteiger partial charge < -0.3 is 10.1 Å². The first-order valence-corrected chi connectivity index (χ1v) is 12.4. The molecule has 4 nitrogen and oxygen atoms in total. The highest BCUT2D eigenvalue weighted by Crippen LogP contribution is 2.34. The molecule has 0 bridgehead atoms. The van der Waals surface area contributed by atoms with Crippen LogP contribution in [0.25, 0.3) is 6.08 Å². The molecular weight excluding hydrogens is 694 g/mol. The van der Waals surface area contributed by atoms with Gasteiger partial charge in [-0.15, -0.1) is 0 Å². The van der Waals surface area contributed by atoms with E-state index >= 15 is 0 Å². The molecule has 9 heteroatoms. The van der Waals surface area contributed by atoms with Gasteiger partial charge in [0.25, 0.3) is 5.91 Å². The van der Waals surface area contributed by atoms with E-state index in [1.165, 1.54) is 6.08 Å². The lowest BCUT2D eigenvalue weighted by Gasteiger charge is -2.12. The van der Waals surface area contributed by atoms with Gasteiger partial charge in [-0.05, 0) is 92.1 Å². The number of benzene rings is 3.